The number of anilines is 2. The van der Waals surface area contributed by atoms with E-state index in [4.69, 9.17) is 10.7 Å². The van der Waals surface area contributed by atoms with Gasteiger partial charge in [-0.15, -0.1) is 11.3 Å². The van der Waals surface area contributed by atoms with Crippen molar-refractivity contribution in [2.75, 3.05) is 11.1 Å². The molecule has 140 valence electrons. The first-order valence-electron chi connectivity index (χ1n) is 8.98. The number of carbonyl (C=O) groups excluding carboxylic acids is 1. The van der Waals surface area contributed by atoms with E-state index in [0.29, 0.717) is 16.3 Å². The van der Waals surface area contributed by atoms with Gasteiger partial charge in [0.2, 0.25) is 0 Å². The van der Waals surface area contributed by atoms with Gasteiger partial charge in [0, 0.05) is 20.0 Å². The minimum atomic E-state index is -0.193. The first kappa shape index (κ1) is 18.9. The molecule has 0 atom stereocenters. The third kappa shape index (κ3) is 3.41. The van der Waals surface area contributed by atoms with Crippen LogP contribution in [0.2, 0.25) is 0 Å². The molecule has 1 aromatic carbocycles. The van der Waals surface area contributed by atoms with Crippen molar-refractivity contribution < 1.29 is 4.79 Å². The number of fused-ring (bicyclic) bond motifs is 3. The number of hydrogen-bond donors (Lipinski definition) is 2. The standard InChI is InChI=1S/C20H19Br2N3OS/c1-2-14-11-5-3-4-6-12(11)16-17(23)18(27-20(16)25-14)19(26)24-15-8-7-10(21)9-13(15)22/h7-9H,2-6,23H2,1H3,(H,24,26). The number of nitrogen functional groups attached to an aromatic ring is 1. The van der Waals surface area contributed by atoms with Gasteiger partial charge >= 0.3 is 0 Å². The molecular weight excluding hydrogens is 490 g/mol. The molecule has 0 unspecified atom stereocenters. The number of hydrogen-bond acceptors (Lipinski definition) is 4. The Morgan fingerprint density at radius 1 is 1.26 bits per heavy atom. The third-order valence-electron chi connectivity index (χ3n) is 5.00. The number of thiophene rings is 1. The Labute approximate surface area is 178 Å². The van der Waals surface area contributed by atoms with Crippen molar-refractivity contribution >= 4 is 70.7 Å². The fourth-order valence-corrected chi connectivity index (χ4v) is 5.91. The number of nitrogens with two attached hydrogens (primary N) is 1. The van der Waals surface area contributed by atoms with Crippen LogP contribution in [-0.4, -0.2) is 10.9 Å². The molecule has 0 aliphatic heterocycles. The van der Waals surface area contributed by atoms with Gasteiger partial charge in [-0.3, -0.25) is 4.79 Å². The second-order valence-electron chi connectivity index (χ2n) is 6.68. The van der Waals surface area contributed by atoms with E-state index in [1.165, 1.54) is 28.9 Å². The van der Waals surface area contributed by atoms with E-state index in [-0.39, 0.29) is 5.91 Å². The molecule has 2 heterocycles. The molecule has 27 heavy (non-hydrogen) atoms. The predicted octanol–water partition coefficient (Wildman–Crippen LogP) is 6.10. The molecular formula is C20H19Br2N3OS. The largest absolute Gasteiger partial charge is 0.397 e. The van der Waals surface area contributed by atoms with Crippen LogP contribution in [0.4, 0.5) is 11.4 Å². The zero-order valence-corrected chi connectivity index (χ0v) is 18.9. The fourth-order valence-electron chi connectivity index (χ4n) is 3.72. The first-order chi connectivity index (χ1) is 13.0. The molecule has 4 nitrogen and oxygen atoms in total. The molecule has 1 aliphatic rings. The summed E-state index contributed by atoms with van der Waals surface area (Å²) in [5.74, 6) is -0.193. The van der Waals surface area contributed by atoms with E-state index in [1.54, 1.807) is 0 Å². The second-order valence-corrected chi connectivity index (χ2v) is 9.45. The van der Waals surface area contributed by atoms with E-state index in [2.05, 4.69) is 44.1 Å². The molecule has 0 radical (unpaired) electrons. The number of aromatic nitrogens is 1. The molecule has 2 aromatic heterocycles. The quantitative estimate of drug-likeness (QED) is 0.449. The summed E-state index contributed by atoms with van der Waals surface area (Å²) in [6.45, 7) is 2.14. The van der Waals surface area contributed by atoms with Crippen molar-refractivity contribution in [3.8, 4) is 0 Å². The maximum atomic E-state index is 12.9. The summed E-state index contributed by atoms with van der Waals surface area (Å²) >= 11 is 8.30. The van der Waals surface area contributed by atoms with Gasteiger partial charge in [-0.05, 0) is 77.4 Å². The fraction of sp³-hybridized carbons (Fsp3) is 0.300. The van der Waals surface area contributed by atoms with Crippen LogP contribution in [0.1, 0.15) is 46.3 Å². The Hall–Kier alpha value is -1.44. The SMILES string of the molecule is CCc1nc2sc(C(=O)Nc3ccc(Br)cc3Br)c(N)c2c2c1CCCC2. The summed E-state index contributed by atoms with van der Waals surface area (Å²) in [4.78, 5) is 19.2. The number of carbonyl (C=O) groups is 1. The van der Waals surface area contributed by atoms with Crippen LogP contribution in [0.3, 0.4) is 0 Å². The van der Waals surface area contributed by atoms with E-state index < -0.39 is 0 Å². The lowest BCUT2D eigenvalue weighted by Crippen LogP contribution is -2.13. The predicted molar refractivity (Wildman–Crippen MR) is 120 cm³/mol. The second kappa shape index (κ2) is 7.53. The highest BCUT2D eigenvalue weighted by atomic mass is 79.9. The van der Waals surface area contributed by atoms with Gasteiger partial charge in [0.15, 0.2) is 0 Å². The van der Waals surface area contributed by atoms with Crippen LogP contribution in [-0.2, 0) is 19.3 Å². The lowest BCUT2D eigenvalue weighted by molar-refractivity contribution is 0.103. The van der Waals surface area contributed by atoms with Crippen LogP contribution in [0, 0.1) is 0 Å². The van der Waals surface area contributed by atoms with Crippen molar-refractivity contribution in [2.24, 2.45) is 0 Å². The van der Waals surface area contributed by atoms with Crippen molar-refractivity contribution in [3.05, 3.63) is 48.8 Å². The molecule has 7 heteroatoms. The summed E-state index contributed by atoms with van der Waals surface area (Å²) in [5, 5.41) is 3.95. The molecule has 1 amide bonds. The molecule has 3 aromatic rings. The average molecular weight is 509 g/mol. The molecule has 4 rings (SSSR count). The summed E-state index contributed by atoms with van der Waals surface area (Å²) < 4.78 is 1.75. The number of aryl methyl sites for hydroxylation is 2. The van der Waals surface area contributed by atoms with Crippen LogP contribution < -0.4 is 11.1 Å². The Balaban J connectivity index is 1.78. The van der Waals surface area contributed by atoms with E-state index in [1.807, 2.05) is 18.2 Å². The number of rotatable bonds is 3. The minimum Gasteiger partial charge on any atom is -0.397 e. The van der Waals surface area contributed by atoms with Crippen molar-refractivity contribution in [1.29, 1.82) is 0 Å². The lowest BCUT2D eigenvalue weighted by atomic mass is 9.88. The van der Waals surface area contributed by atoms with Gasteiger partial charge in [-0.2, -0.15) is 0 Å². The van der Waals surface area contributed by atoms with E-state index in [0.717, 1.165) is 50.5 Å². The Morgan fingerprint density at radius 2 is 2.00 bits per heavy atom. The molecule has 0 saturated carbocycles. The van der Waals surface area contributed by atoms with E-state index in [9.17, 15) is 4.79 Å². The van der Waals surface area contributed by atoms with E-state index >= 15 is 0 Å². The highest BCUT2D eigenvalue weighted by Crippen LogP contribution is 2.40. The number of amides is 1. The lowest BCUT2D eigenvalue weighted by Gasteiger charge is -2.19. The first-order valence-corrected chi connectivity index (χ1v) is 11.4. The number of nitrogens with one attached hydrogen (secondary N) is 1. The van der Waals surface area contributed by atoms with Crippen LogP contribution in [0.15, 0.2) is 27.1 Å². The van der Waals surface area contributed by atoms with Gasteiger partial charge in [0.25, 0.3) is 5.91 Å². The average Bonchev–Trinajstić information content (AvgIpc) is 3.00. The van der Waals surface area contributed by atoms with Gasteiger partial charge in [0.05, 0.1) is 11.4 Å². The van der Waals surface area contributed by atoms with Gasteiger partial charge < -0.3 is 11.1 Å². The molecule has 3 N–H and O–H groups in total. The highest BCUT2D eigenvalue weighted by Gasteiger charge is 2.25. The number of nitrogens with zero attached hydrogens (tertiary/aromatic N) is 1. The van der Waals surface area contributed by atoms with Crippen molar-refractivity contribution in [1.82, 2.24) is 4.98 Å². The van der Waals surface area contributed by atoms with Crippen LogP contribution >= 0.6 is 43.2 Å². The molecule has 0 spiro atoms. The maximum absolute atomic E-state index is 12.9. The van der Waals surface area contributed by atoms with Crippen molar-refractivity contribution in [2.45, 2.75) is 39.0 Å². The summed E-state index contributed by atoms with van der Waals surface area (Å²) in [6.07, 6.45) is 5.34. The Bertz CT molecular complexity index is 1060. The summed E-state index contributed by atoms with van der Waals surface area (Å²) in [5.41, 5.74) is 11.5. The van der Waals surface area contributed by atoms with Crippen molar-refractivity contribution in [3.63, 3.8) is 0 Å². The maximum Gasteiger partial charge on any atom is 0.267 e. The summed E-state index contributed by atoms with van der Waals surface area (Å²) in [6, 6.07) is 5.64. The highest BCUT2D eigenvalue weighted by molar-refractivity contribution is 9.11. The van der Waals surface area contributed by atoms with Gasteiger partial charge in [-0.1, -0.05) is 22.9 Å². The van der Waals surface area contributed by atoms with Gasteiger partial charge in [0.1, 0.15) is 9.71 Å². The topological polar surface area (TPSA) is 68.0 Å². The zero-order chi connectivity index (χ0) is 19.1. The third-order valence-corrected chi connectivity index (χ3v) is 7.25. The monoisotopic (exact) mass is 507 g/mol. The Morgan fingerprint density at radius 3 is 2.70 bits per heavy atom. The molecule has 0 bridgehead atoms. The summed E-state index contributed by atoms with van der Waals surface area (Å²) in [7, 11) is 0. The minimum absolute atomic E-state index is 0.193. The Kier molecular flexibility index (Phi) is 5.27. The molecule has 1 aliphatic carbocycles. The zero-order valence-electron chi connectivity index (χ0n) is 14.9. The smallest absolute Gasteiger partial charge is 0.267 e. The van der Waals surface area contributed by atoms with Crippen LogP contribution in [0.5, 0.6) is 0 Å². The molecule has 0 fully saturated rings. The van der Waals surface area contributed by atoms with Gasteiger partial charge in [-0.25, -0.2) is 4.98 Å². The van der Waals surface area contributed by atoms with Crippen LogP contribution in [0.25, 0.3) is 10.2 Å². The normalized spacial score (nSPS) is 13.6. The molecule has 0 saturated heterocycles. The number of halogens is 2. The number of benzene rings is 1. The number of pyridine rings is 1.